The van der Waals surface area contributed by atoms with Crippen molar-refractivity contribution < 1.29 is 10.0 Å². The van der Waals surface area contributed by atoms with Crippen molar-refractivity contribution in [3.63, 3.8) is 0 Å². The average Bonchev–Trinajstić information content (AvgIpc) is 2.49. The van der Waals surface area contributed by atoms with Crippen LogP contribution in [0.5, 0.6) is 0 Å². The molecule has 0 fully saturated rings. The minimum Gasteiger partial charge on any atom is -0.423 e. The molecule has 0 aliphatic carbocycles. The number of rotatable bonds is 1. The highest BCUT2D eigenvalue weighted by Gasteiger charge is 2.15. The Morgan fingerprint density at radius 1 is 1.17 bits per heavy atom. The van der Waals surface area contributed by atoms with Gasteiger partial charge in [0.05, 0.1) is 18.0 Å². The van der Waals surface area contributed by atoms with Gasteiger partial charge >= 0.3 is 7.12 Å². The summed E-state index contributed by atoms with van der Waals surface area (Å²) in [5, 5.41) is 23.9. The van der Waals surface area contributed by atoms with Gasteiger partial charge in [-0.25, -0.2) is 0 Å². The summed E-state index contributed by atoms with van der Waals surface area (Å²) < 4.78 is 0. The fraction of sp³-hybridized carbons (Fsp3) is 0.143. The molecule has 62 valence electrons. The molecule has 0 radical (unpaired) electrons. The summed E-state index contributed by atoms with van der Waals surface area (Å²) in [5.41, 5.74) is 2.42. The zero-order valence-corrected chi connectivity index (χ0v) is 6.41. The maximum atomic E-state index is 8.86. The van der Waals surface area contributed by atoms with Crippen molar-refractivity contribution >= 4 is 24.0 Å². The van der Waals surface area contributed by atoms with Crippen molar-refractivity contribution in [3.8, 4) is 0 Å². The molecule has 1 aliphatic rings. The fourth-order valence-electron chi connectivity index (χ4n) is 1.26. The first-order valence-electron chi connectivity index (χ1n) is 3.75. The van der Waals surface area contributed by atoms with Crippen LogP contribution in [0.15, 0.2) is 18.2 Å². The summed E-state index contributed by atoms with van der Waals surface area (Å²) in [5.74, 6) is 0. The van der Waals surface area contributed by atoms with E-state index in [2.05, 4.69) is 10.6 Å². The second-order valence-electron chi connectivity index (χ2n) is 2.71. The maximum absolute atomic E-state index is 8.86. The van der Waals surface area contributed by atoms with Gasteiger partial charge in [-0.1, -0.05) is 6.07 Å². The van der Waals surface area contributed by atoms with E-state index in [1.165, 1.54) is 0 Å². The molecule has 1 heterocycles. The fourth-order valence-corrected chi connectivity index (χ4v) is 1.26. The lowest BCUT2D eigenvalue weighted by atomic mass is 9.80. The summed E-state index contributed by atoms with van der Waals surface area (Å²) in [4.78, 5) is 0. The van der Waals surface area contributed by atoms with E-state index < -0.39 is 7.12 Å². The Morgan fingerprint density at radius 2 is 1.92 bits per heavy atom. The summed E-state index contributed by atoms with van der Waals surface area (Å²) in [6.45, 7) is 0.695. The number of benzene rings is 1. The molecule has 0 amide bonds. The van der Waals surface area contributed by atoms with Gasteiger partial charge in [-0.15, -0.1) is 0 Å². The molecule has 0 spiro atoms. The molecular weight excluding hydrogens is 155 g/mol. The standard InChI is InChI=1S/C7H9BN2O2/c11-8(12)5-1-2-6-7(3-5)10-4-9-6/h1-3,9-12H,4H2. The van der Waals surface area contributed by atoms with E-state index in [0.29, 0.717) is 12.1 Å². The molecular formula is C7H9BN2O2. The molecule has 0 saturated carbocycles. The lowest BCUT2D eigenvalue weighted by Crippen LogP contribution is -2.29. The van der Waals surface area contributed by atoms with Crippen LogP contribution in [0.4, 0.5) is 11.4 Å². The number of anilines is 2. The average molecular weight is 164 g/mol. The van der Waals surface area contributed by atoms with Gasteiger partial charge in [0.25, 0.3) is 0 Å². The largest absolute Gasteiger partial charge is 0.488 e. The molecule has 1 aromatic carbocycles. The summed E-state index contributed by atoms with van der Waals surface area (Å²) in [7, 11) is -1.39. The summed E-state index contributed by atoms with van der Waals surface area (Å²) in [6, 6.07) is 5.23. The van der Waals surface area contributed by atoms with Gasteiger partial charge in [0, 0.05) is 0 Å². The van der Waals surface area contributed by atoms with Crippen LogP contribution in [0.25, 0.3) is 0 Å². The molecule has 0 bridgehead atoms. The van der Waals surface area contributed by atoms with E-state index >= 15 is 0 Å². The molecule has 5 heteroatoms. The molecule has 2 rings (SSSR count). The van der Waals surface area contributed by atoms with Gasteiger partial charge in [-0.2, -0.15) is 0 Å². The second-order valence-corrected chi connectivity index (χ2v) is 2.71. The predicted octanol–water partition coefficient (Wildman–Crippen LogP) is -0.839. The number of fused-ring (bicyclic) bond motifs is 1. The predicted molar refractivity (Wildman–Crippen MR) is 48.4 cm³/mol. The maximum Gasteiger partial charge on any atom is 0.488 e. The van der Waals surface area contributed by atoms with Gasteiger partial charge in [0.15, 0.2) is 0 Å². The molecule has 0 saturated heterocycles. The molecule has 0 unspecified atom stereocenters. The van der Waals surface area contributed by atoms with Crippen LogP contribution in [0.2, 0.25) is 0 Å². The van der Waals surface area contributed by atoms with Gasteiger partial charge in [0.2, 0.25) is 0 Å². The minimum atomic E-state index is -1.39. The van der Waals surface area contributed by atoms with E-state index in [4.69, 9.17) is 10.0 Å². The highest BCUT2D eigenvalue weighted by atomic mass is 16.4. The smallest absolute Gasteiger partial charge is 0.423 e. The van der Waals surface area contributed by atoms with E-state index in [-0.39, 0.29) is 0 Å². The summed E-state index contributed by atoms with van der Waals surface area (Å²) in [6.07, 6.45) is 0. The van der Waals surface area contributed by atoms with Crippen molar-refractivity contribution in [2.75, 3.05) is 17.3 Å². The van der Waals surface area contributed by atoms with Crippen LogP contribution in [-0.2, 0) is 0 Å². The van der Waals surface area contributed by atoms with Gasteiger partial charge < -0.3 is 20.7 Å². The van der Waals surface area contributed by atoms with E-state index in [0.717, 1.165) is 11.4 Å². The Morgan fingerprint density at radius 3 is 2.67 bits per heavy atom. The van der Waals surface area contributed by atoms with Crippen LogP contribution >= 0.6 is 0 Å². The molecule has 0 aromatic heterocycles. The van der Waals surface area contributed by atoms with Gasteiger partial charge in [-0.05, 0) is 17.6 Å². The van der Waals surface area contributed by atoms with Crippen LogP contribution in [-0.4, -0.2) is 23.8 Å². The van der Waals surface area contributed by atoms with Gasteiger partial charge in [-0.3, -0.25) is 0 Å². The first-order valence-corrected chi connectivity index (χ1v) is 3.75. The first kappa shape index (κ1) is 7.45. The lowest BCUT2D eigenvalue weighted by molar-refractivity contribution is 0.426. The molecule has 1 aromatic rings. The van der Waals surface area contributed by atoms with E-state index in [1.54, 1.807) is 12.1 Å². The number of nitrogens with one attached hydrogen (secondary N) is 2. The SMILES string of the molecule is OB(O)c1ccc2c(c1)NCN2. The Hall–Kier alpha value is -1.20. The van der Waals surface area contributed by atoms with E-state index in [9.17, 15) is 0 Å². The van der Waals surface area contributed by atoms with Crippen molar-refractivity contribution in [2.45, 2.75) is 0 Å². The topological polar surface area (TPSA) is 64.5 Å². The van der Waals surface area contributed by atoms with Crippen molar-refractivity contribution in [1.82, 2.24) is 0 Å². The third-order valence-corrected chi connectivity index (χ3v) is 1.90. The molecule has 1 aliphatic heterocycles. The summed E-state index contributed by atoms with van der Waals surface area (Å²) >= 11 is 0. The van der Waals surface area contributed by atoms with Crippen LogP contribution < -0.4 is 16.1 Å². The molecule has 4 nitrogen and oxygen atoms in total. The molecule has 0 atom stereocenters. The zero-order chi connectivity index (χ0) is 8.55. The Kier molecular flexibility index (Phi) is 1.67. The Balaban J connectivity index is 2.39. The van der Waals surface area contributed by atoms with Crippen molar-refractivity contribution in [3.05, 3.63) is 18.2 Å². The van der Waals surface area contributed by atoms with Crippen LogP contribution in [0.1, 0.15) is 0 Å². The first-order chi connectivity index (χ1) is 5.77. The highest BCUT2D eigenvalue weighted by molar-refractivity contribution is 6.58. The number of hydrogen-bond acceptors (Lipinski definition) is 4. The van der Waals surface area contributed by atoms with Crippen LogP contribution in [0.3, 0.4) is 0 Å². The van der Waals surface area contributed by atoms with E-state index in [1.807, 2.05) is 6.07 Å². The van der Waals surface area contributed by atoms with Crippen LogP contribution in [0, 0.1) is 0 Å². The monoisotopic (exact) mass is 164 g/mol. The Labute approximate surface area is 70.4 Å². The lowest BCUT2D eigenvalue weighted by Gasteiger charge is -2.02. The normalized spacial score (nSPS) is 13.2. The minimum absolute atomic E-state index is 0.505. The third kappa shape index (κ3) is 1.13. The van der Waals surface area contributed by atoms with Crippen molar-refractivity contribution in [2.24, 2.45) is 0 Å². The number of hydrogen-bond donors (Lipinski definition) is 4. The highest BCUT2D eigenvalue weighted by Crippen LogP contribution is 2.23. The van der Waals surface area contributed by atoms with Crippen molar-refractivity contribution in [1.29, 1.82) is 0 Å². The van der Waals surface area contributed by atoms with Gasteiger partial charge in [0.1, 0.15) is 0 Å². The Bertz CT molecular complexity index is 303. The third-order valence-electron chi connectivity index (χ3n) is 1.90. The molecule has 12 heavy (non-hydrogen) atoms. The second kappa shape index (κ2) is 2.69. The quantitative estimate of drug-likeness (QED) is 0.408. The molecule has 4 N–H and O–H groups in total. The zero-order valence-electron chi connectivity index (χ0n) is 6.41.